The molecule has 1 aromatic heterocycles. The Balaban J connectivity index is 1.53. The van der Waals surface area contributed by atoms with Crippen LogP contribution in [0, 0.1) is 5.82 Å². The highest BCUT2D eigenvalue weighted by Gasteiger charge is 2.48. The molecule has 198 valence electrons. The molecule has 1 saturated heterocycles. The Labute approximate surface area is 233 Å². The molecule has 0 saturated carbocycles. The van der Waals surface area contributed by atoms with E-state index in [1.54, 1.807) is 24.3 Å². The number of carbonyl (C=O) groups excluding carboxylic acids is 2. The van der Waals surface area contributed by atoms with Crippen LogP contribution in [0.1, 0.15) is 36.1 Å². The van der Waals surface area contributed by atoms with E-state index >= 15 is 0 Å². The maximum Gasteiger partial charge on any atom is 0.301 e. The number of Topliss-reactive ketones (excluding diaryl/α,β-unsaturated/α-hetero) is 1. The van der Waals surface area contributed by atoms with Gasteiger partial charge in [0.1, 0.15) is 17.3 Å². The predicted octanol–water partition coefficient (Wildman–Crippen LogP) is 6.38. The van der Waals surface area contributed by atoms with Crippen LogP contribution < -0.4 is 9.64 Å². The van der Waals surface area contributed by atoms with E-state index in [0.717, 1.165) is 12.0 Å². The molecule has 5 rings (SSSR count). The zero-order chi connectivity index (χ0) is 27.4. The van der Waals surface area contributed by atoms with E-state index in [0.29, 0.717) is 28.0 Å². The number of hydrogen-bond acceptors (Lipinski definition) is 8. The zero-order valence-corrected chi connectivity index (χ0v) is 22.5. The smallest absolute Gasteiger partial charge is 0.301 e. The number of halogens is 1. The fraction of sp³-hybridized carbons (Fsp3) is 0.172. The number of aliphatic hydroxyl groups is 1. The van der Waals surface area contributed by atoms with E-state index in [1.165, 1.54) is 52.3 Å². The average Bonchev–Trinajstić information content (AvgIpc) is 3.53. The van der Waals surface area contributed by atoms with Gasteiger partial charge in [0.2, 0.25) is 5.13 Å². The number of nitrogens with zero attached hydrogens (tertiary/aromatic N) is 3. The Morgan fingerprint density at radius 2 is 1.74 bits per heavy atom. The lowest BCUT2D eigenvalue weighted by molar-refractivity contribution is -0.132. The number of carbonyl (C=O) groups is 2. The molecule has 7 nitrogen and oxygen atoms in total. The largest absolute Gasteiger partial charge is 0.507 e. The lowest BCUT2D eigenvalue weighted by atomic mass is 9.95. The first-order chi connectivity index (χ1) is 19.0. The van der Waals surface area contributed by atoms with Gasteiger partial charge in [0.05, 0.1) is 18.2 Å². The van der Waals surface area contributed by atoms with Gasteiger partial charge in [0.15, 0.2) is 4.34 Å². The van der Waals surface area contributed by atoms with Gasteiger partial charge in [-0.3, -0.25) is 14.5 Å². The SMILES string of the molecule is CCCOc1ccc(C2/C(=C(/O)c3ccc(F)cc3)C(=O)C(=O)N2c2nnc(SCc3ccccc3)s2)cc1. The highest BCUT2D eigenvalue weighted by molar-refractivity contribution is 8.00. The fourth-order valence-electron chi connectivity index (χ4n) is 4.15. The molecule has 1 fully saturated rings. The molecule has 1 amide bonds. The van der Waals surface area contributed by atoms with Crippen LogP contribution in [-0.4, -0.2) is 33.6 Å². The number of ketones is 1. The van der Waals surface area contributed by atoms with Gasteiger partial charge in [0.25, 0.3) is 5.78 Å². The van der Waals surface area contributed by atoms with Crippen LogP contribution >= 0.6 is 23.1 Å². The van der Waals surface area contributed by atoms with Crippen molar-refractivity contribution in [3.63, 3.8) is 0 Å². The number of thioether (sulfide) groups is 1. The number of aromatic nitrogens is 2. The van der Waals surface area contributed by atoms with Crippen LogP contribution in [0.5, 0.6) is 5.75 Å². The van der Waals surface area contributed by atoms with Gasteiger partial charge in [-0.15, -0.1) is 10.2 Å². The Hall–Kier alpha value is -4.02. The summed E-state index contributed by atoms with van der Waals surface area (Å²) in [5.74, 6) is -1.25. The second kappa shape index (κ2) is 11.8. The molecule has 1 aliphatic heterocycles. The Morgan fingerprint density at radius 1 is 1.03 bits per heavy atom. The first-order valence-electron chi connectivity index (χ1n) is 12.3. The standard InChI is InChI=1S/C29H24FN3O4S2/c1-2-16-37-22-14-10-19(11-15-22)24-23(25(34)20-8-12-21(30)13-9-20)26(35)27(36)33(24)28-31-32-29(39-28)38-17-18-6-4-3-5-7-18/h3-15,24,34H,2,16-17H2,1H3/b25-23-. The van der Waals surface area contributed by atoms with Crippen molar-refractivity contribution in [3.05, 3.63) is 107 Å². The van der Waals surface area contributed by atoms with Crippen molar-refractivity contribution in [1.29, 1.82) is 0 Å². The first-order valence-corrected chi connectivity index (χ1v) is 14.1. The summed E-state index contributed by atoms with van der Waals surface area (Å²) in [5.41, 5.74) is 1.81. The van der Waals surface area contributed by atoms with Crippen molar-refractivity contribution < 1.29 is 23.8 Å². The third kappa shape index (κ3) is 5.71. The molecule has 1 aliphatic rings. The quantitative estimate of drug-likeness (QED) is 0.0833. The van der Waals surface area contributed by atoms with Crippen molar-refractivity contribution in [1.82, 2.24) is 10.2 Å². The molecular formula is C29H24FN3O4S2. The van der Waals surface area contributed by atoms with E-state index in [-0.39, 0.29) is 16.3 Å². The second-order valence-electron chi connectivity index (χ2n) is 8.72. The minimum atomic E-state index is -0.963. The molecule has 1 unspecified atom stereocenters. The van der Waals surface area contributed by atoms with Gasteiger partial charge in [0, 0.05) is 11.3 Å². The van der Waals surface area contributed by atoms with Crippen LogP contribution in [0.15, 0.2) is 88.8 Å². The van der Waals surface area contributed by atoms with Crippen molar-refractivity contribution in [2.75, 3.05) is 11.5 Å². The van der Waals surface area contributed by atoms with E-state index in [2.05, 4.69) is 10.2 Å². The molecule has 1 N–H and O–H groups in total. The third-order valence-electron chi connectivity index (χ3n) is 6.04. The molecule has 0 spiro atoms. The van der Waals surface area contributed by atoms with Gasteiger partial charge >= 0.3 is 5.91 Å². The molecule has 0 bridgehead atoms. The number of ether oxygens (including phenoxy) is 1. The number of benzene rings is 3. The maximum atomic E-state index is 13.5. The van der Waals surface area contributed by atoms with Gasteiger partial charge < -0.3 is 9.84 Å². The van der Waals surface area contributed by atoms with Crippen molar-refractivity contribution in [3.8, 4) is 5.75 Å². The molecule has 2 heterocycles. The van der Waals surface area contributed by atoms with Crippen molar-refractivity contribution in [2.24, 2.45) is 0 Å². The molecule has 3 aromatic carbocycles. The summed E-state index contributed by atoms with van der Waals surface area (Å²) in [5, 5.41) is 19.9. The van der Waals surface area contributed by atoms with Gasteiger partial charge in [-0.1, -0.05) is 72.5 Å². The summed E-state index contributed by atoms with van der Waals surface area (Å²) >= 11 is 2.67. The summed E-state index contributed by atoms with van der Waals surface area (Å²) in [7, 11) is 0. The molecular weight excluding hydrogens is 537 g/mol. The minimum Gasteiger partial charge on any atom is -0.507 e. The Morgan fingerprint density at radius 3 is 2.44 bits per heavy atom. The van der Waals surface area contributed by atoms with Crippen LogP contribution in [0.25, 0.3) is 5.76 Å². The summed E-state index contributed by atoms with van der Waals surface area (Å²) in [6.07, 6.45) is 0.848. The lowest BCUT2D eigenvalue weighted by Gasteiger charge is -2.22. The van der Waals surface area contributed by atoms with E-state index in [1.807, 2.05) is 37.3 Å². The first kappa shape index (κ1) is 26.6. The lowest BCUT2D eigenvalue weighted by Crippen LogP contribution is -2.29. The number of amides is 1. The van der Waals surface area contributed by atoms with E-state index in [9.17, 15) is 19.1 Å². The summed E-state index contributed by atoms with van der Waals surface area (Å²) in [6, 6.07) is 21.0. The number of hydrogen-bond donors (Lipinski definition) is 1. The van der Waals surface area contributed by atoms with E-state index < -0.39 is 29.3 Å². The summed E-state index contributed by atoms with van der Waals surface area (Å²) in [4.78, 5) is 28.0. The van der Waals surface area contributed by atoms with E-state index in [4.69, 9.17) is 4.74 Å². The maximum absolute atomic E-state index is 13.5. The number of anilines is 1. The Bertz CT molecular complexity index is 1510. The van der Waals surface area contributed by atoms with Gasteiger partial charge in [-0.05, 0) is 53.9 Å². The number of aliphatic hydroxyl groups excluding tert-OH is 1. The molecule has 10 heteroatoms. The molecule has 0 radical (unpaired) electrons. The highest BCUT2D eigenvalue weighted by Crippen LogP contribution is 2.44. The minimum absolute atomic E-state index is 0.109. The second-order valence-corrected chi connectivity index (χ2v) is 10.9. The van der Waals surface area contributed by atoms with Crippen LogP contribution in [0.2, 0.25) is 0 Å². The third-order valence-corrected chi connectivity index (χ3v) is 8.16. The normalized spacial score (nSPS) is 16.6. The summed E-state index contributed by atoms with van der Waals surface area (Å²) < 4.78 is 19.9. The molecule has 1 atom stereocenters. The monoisotopic (exact) mass is 561 g/mol. The van der Waals surface area contributed by atoms with Gasteiger partial charge in [-0.2, -0.15) is 0 Å². The van der Waals surface area contributed by atoms with Crippen LogP contribution in [0.3, 0.4) is 0 Å². The molecule has 4 aromatic rings. The summed E-state index contributed by atoms with van der Waals surface area (Å²) in [6.45, 7) is 2.56. The average molecular weight is 562 g/mol. The highest BCUT2D eigenvalue weighted by atomic mass is 32.2. The van der Waals surface area contributed by atoms with Crippen molar-refractivity contribution >= 4 is 45.7 Å². The van der Waals surface area contributed by atoms with Gasteiger partial charge in [-0.25, -0.2) is 4.39 Å². The fourth-order valence-corrected chi connectivity index (χ4v) is 5.98. The van der Waals surface area contributed by atoms with Crippen molar-refractivity contribution in [2.45, 2.75) is 29.5 Å². The topological polar surface area (TPSA) is 92.6 Å². The van der Waals surface area contributed by atoms with Crippen LogP contribution in [0.4, 0.5) is 9.52 Å². The zero-order valence-electron chi connectivity index (χ0n) is 20.9. The predicted molar refractivity (Wildman–Crippen MR) is 149 cm³/mol. The molecule has 39 heavy (non-hydrogen) atoms. The van der Waals surface area contributed by atoms with Crippen LogP contribution in [-0.2, 0) is 15.3 Å². The number of rotatable bonds is 9. The Kier molecular flexibility index (Phi) is 8.04. The molecule has 0 aliphatic carbocycles.